The van der Waals surface area contributed by atoms with Crippen LogP contribution in [-0.2, 0) is 4.79 Å². The van der Waals surface area contributed by atoms with Gasteiger partial charge in [-0.1, -0.05) is 54.1 Å². The van der Waals surface area contributed by atoms with Crippen LogP contribution in [0.4, 0.5) is 5.69 Å². The number of carbonyl (C=O) groups is 2. The molecule has 0 aliphatic rings. The molecule has 0 aliphatic carbocycles. The van der Waals surface area contributed by atoms with Crippen molar-refractivity contribution in [2.75, 3.05) is 19.0 Å². The van der Waals surface area contributed by atoms with Crippen molar-refractivity contribution in [1.82, 2.24) is 10.7 Å². The summed E-state index contributed by atoms with van der Waals surface area (Å²) < 4.78 is 5.77. The second-order valence-electron chi connectivity index (χ2n) is 8.25. The molecule has 0 saturated heterocycles. The fourth-order valence-electron chi connectivity index (χ4n) is 3.42. The number of hydrogen-bond acceptors (Lipinski definition) is 5. The Labute approximate surface area is 220 Å². The minimum atomic E-state index is -0.588. The summed E-state index contributed by atoms with van der Waals surface area (Å²) in [6.45, 7) is 0. The molecule has 8 heteroatoms. The molecule has 0 bridgehead atoms. The summed E-state index contributed by atoms with van der Waals surface area (Å²) in [6, 6.07) is 27.0. The standard InChI is InChI=1S/C29H25ClN4O3/c1-34(2)22-14-12-20(13-15-22)18-26(32-28(35)21-8-4-3-5-9-21)29(36)33-31-19-23-16-17-27(37-23)24-10-6-7-11-25(24)30/h3-19H,1-2H3,(H,32,35)(H,33,36). The monoisotopic (exact) mass is 512 g/mol. The van der Waals surface area contributed by atoms with E-state index < -0.39 is 11.8 Å². The molecule has 1 aromatic heterocycles. The van der Waals surface area contributed by atoms with Crippen molar-refractivity contribution in [2.45, 2.75) is 0 Å². The molecular formula is C29H25ClN4O3. The Kier molecular flexibility index (Phi) is 8.18. The zero-order valence-electron chi connectivity index (χ0n) is 20.3. The second kappa shape index (κ2) is 11.9. The first-order valence-corrected chi connectivity index (χ1v) is 11.8. The van der Waals surface area contributed by atoms with Crippen LogP contribution in [0.2, 0.25) is 5.02 Å². The number of furan rings is 1. The molecule has 4 rings (SSSR count). The highest BCUT2D eigenvalue weighted by Gasteiger charge is 2.14. The van der Waals surface area contributed by atoms with Crippen LogP contribution in [0.25, 0.3) is 17.4 Å². The summed E-state index contributed by atoms with van der Waals surface area (Å²) in [4.78, 5) is 27.7. The van der Waals surface area contributed by atoms with Crippen molar-refractivity contribution in [2.24, 2.45) is 5.10 Å². The van der Waals surface area contributed by atoms with Gasteiger partial charge in [0.1, 0.15) is 17.2 Å². The fourth-order valence-corrected chi connectivity index (χ4v) is 3.65. The lowest BCUT2D eigenvalue weighted by Gasteiger charge is -2.12. The SMILES string of the molecule is CN(C)c1ccc(C=C(NC(=O)c2ccccc2)C(=O)NN=Cc2ccc(-c3ccccc3Cl)o2)cc1. The first kappa shape index (κ1) is 25.5. The zero-order valence-corrected chi connectivity index (χ0v) is 21.1. The molecule has 0 aliphatic heterocycles. The Morgan fingerprint density at radius 1 is 0.892 bits per heavy atom. The molecule has 0 unspecified atom stereocenters. The van der Waals surface area contributed by atoms with Gasteiger partial charge in [0.25, 0.3) is 11.8 Å². The van der Waals surface area contributed by atoms with E-state index in [0.717, 1.165) is 16.8 Å². The third kappa shape index (κ3) is 6.74. The number of halogens is 1. The van der Waals surface area contributed by atoms with Gasteiger partial charge in [-0.25, -0.2) is 5.43 Å². The summed E-state index contributed by atoms with van der Waals surface area (Å²) in [5, 5.41) is 7.25. The van der Waals surface area contributed by atoms with E-state index in [1.165, 1.54) is 6.21 Å². The molecule has 37 heavy (non-hydrogen) atoms. The van der Waals surface area contributed by atoms with Crippen molar-refractivity contribution < 1.29 is 14.0 Å². The molecule has 0 atom stereocenters. The Hall–Kier alpha value is -4.62. The normalized spacial score (nSPS) is 11.4. The number of rotatable bonds is 8. The van der Waals surface area contributed by atoms with Crippen LogP contribution < -0.4 is 15.6 Å². The van der Waals surface area contributed by atoms with Gasteiger partial charge < -0.3 is 14.6 Å². The van der Waals surface area contributed by atoms with Crippen LogP contribution in [0.3, 0.4) is 0 Å². The van der Waals surface area contributed by atoms with E-state index in [4.69, 9.17) is 16.0 Å². The van der Waals surface area contributed by atoms with Crippen LogP contribution in [0.1, 0.15) is 21.7 Å². The fraction of sp³-hybridized carbons (Fsp3) is 0.0690. The van der Waals surface area contributed by atoms with E-state index in [-0.39, 0.29) is 5.70 Å². The van der Waals surface area contributed by atoms with Gasteiger partial charge in [0.05, 0.1) is 11.2 Å². The number of carbonyl (C=O) groups excluding carboxylic acids is 2. The highest BCUT2D eigenvalue weighted by Crippen LogP contribution is 2.28. The Morgan fingerprint density at radius 3 is 2.30 bits per heavy atom. The first-order chi connectivity index (χ1) is 17.9. The number of nitrogens with zero attached hydrogens (tertiary/aromatic N) is 2. The maximum absolute atomic E-state index is 13.0. The molecule has 0 radical (unpaired) electrons. The summed E-state index contributed by atoms with van der Waals surface area (Å²) in [5.41, 5.74) is 5.42. The lowest BCUT2D eigenvalue weighted by Crippen LogP contribution is -2.32. The number of anilines is 1. The van der Waals surface area contributed by atoms with E-state index in [9.17, 15) is 9.59 Å². The van der Waals surface area contributed by atoms with Crippen LogP contribution in [0.5, 0.6) is 0 Å². The number of hydrazone groups is 1. The molecule has 3 aromatic carbocycles. The van der Waals surface area contributed by atoms with Crippen LogP contribution in [0.15, 0.2) is 106 Å². The Morgan fingerprint density at radius 2 is 1.59 bits per heavy atom. The smallest absolute Gasteiger partial charge is 0.287 e. The van der Waals surface area contributed by atoms with Gasteiger partial charge in [0.15, 0.2) is 0 Å². The number of benzene rings is 3. The molecule has 1 heterocycles. The maximum Gasteiger partial charge on any atom is 0.287 e. The van der Waals surface area contributed by atoms with Gasteiger partial charge in [-0.2, -0.15) is 5.10 Å². The van der Waals surface area contributed by atoms with E-state index in [1.807, 2.05) is 67.5 Å². The van der Waals surface area contributed by atoms with Gasteiger partial charge in [-0.3, -0.25) is 9.59 Å². The van der Waals surface area contributed by atoms with Crippen molar-refractivity contribution in [3.63, 3.8) is 0 Å². The average Bonchev–Trinajstić information content (AvgIpc) is 3.38. The van der Waals surface area contributed by atoms with Crippen molar-refractivity contribution >= 4 is 41.4 Å². The highest BCUT2D eigenvalue weighted by molar-refractivity contribution is 6.33. The molecule has 0 fully saturated rings. The van der Waals surface area contributed by atoms with Crippen molar-refractivity contribution in [1.29, 1.82) is 0 Å². The quantitative estimate of drug-likeness (QED) is 0.183. The summed E-state index contributed by atoms with van der Waals surface area (Å²) in [5.74, 6) is 0.00464. The molecule has 7 nitrogen and oxygen atoms in total. The van der Waals surface area contributed by atoms with Crippen LogP contribution >= 0.6 is 11.6 Å². The summed E-state index contributed by atoms with van der Waals surface area (Å²) in [6.07, 6.45) is 2.97. The number of nitrogens with one attached hydrogen (secondary N) is 2. The third-order valence-electron chi connectivity index (χ3n) is 5.37. The zero-order chi connectivity index (χ0) is 26.2. The van der Waals surface area contributed by atoms with Gasteiger partial charge in [-0.15, -0.1) is 0 Å². The lowest BCUT2D eigenvalue weighted by atomic mass is 10.1. The third-order valence-corrected chi connectivity index (χ3v) is 5.70. The molecule has 0 saturated carbocycles. The Balaban J connectivity index is 1.51. The minimum absolute atomic E-state index is 0.0415. The molecule has 2 amide bonds. The lowest BCUT2D eigenvalue weighted by molar-refractivity contribution is -0.117. The first-order valence-electron chi connectivity index (χ1n) is 11.4. The van der Waals surface area contributed by atoms with E-state index in [0.29, 0.717) is 22.1 Å². The Bertz CT molecular complexity index is 1440. The van der Waals surface area contributed by atoms with Crippen LogP contribution in [0, 0.1) is 0 Å². The largest absolute Gasteiger partial charge is 0.455 e. The predicted molar refractivity (Wildman–Crippen MR) is 148 cm³/mol. The predicted octanol–water partition coefficient (Wildman–Crippen LogP) is 5.59. The molecule has 186 valence electrons. The summed E-state index contributed by atoms with van der Waals surface area (Å²) in [7, 11) is 3.89. The second-order valence-corrected chi connectivity index (χ2v) is 8.65. The van der Waals surface area contributed by atoms with Gasteiger partial charge >= 0.3 is 0 Å². The van der Waals surface area contributed by atoms with E-state index >= 15 is 0 Å². The van der Waals surface area contributed by atoms with Gasteiger partial charge in [-0.05, 0) is 60.2 Å². The van der Waals surface area contributed by atoms with Crippen LogP contribution in [-0.4, -0.2) is 32.1 Å². The van der Waals surface area contributed by atoms with Gasteiger partial charge in [0, 0.05) is 30.9 Å². The summed E-state index contributed by atoms with van der Waals surface area (Å²) >= 11 is 6.23. The molecule has 4 aromatic rings. The average molecular weight is 513 g/mol. The van der Waals surface area contributed by atoms with Crippen molar-refractivity contribution in [3.8, 4) is 11.3 Å². The highest BCUT2D eigenvalue weighted by atomic mass is 35.5. The maximum atomic E-state index is 13.0. The van der Waals surface area contributed by atoms with Crippen molar-refractivity contribution in [3.05, 3.63) is 119 Å². The number of hydrogen-bond donors (Lipinski definition) is 2. The number of amides is 2. The minimum Gasteiger partial charge on any atom is -0.455 e. The topological polar surface area (TPSA) is 86.9 Å². The molecule has 2 N–H and O–H groups in total. The van der Waals surface area contributed by atoms with Gasteiger partial charge in [0.2, 0.25) is 0 Å². The van der Waals surface area contributed by atoms with E-state index in [2.05, 4.69) is 15.8 Å². The van der Waals surface area contributed by atoms with E-state index in [1.54, 1.807) is 48.5 Å². The molecular weight excluding hydrogens is 488 g/mol. The molecule has 0 spiro atoms.